The molecule has 0 spiro atoms. The average Bonchev–Trinajstić information content (AvgIpc) is 2.72. The van der Waals surface area contributed by atoms with Gasteiger partial charge in [0.25, 0.3) is 0 Å². The fourth-order valence-corrected chi connectivity index (χ4v) is 0.946. The molecule has 52 valence electrons. The molecule has 0 unspecified atom stereocenters. The van der Waals surface area contributed by atoms with Crippen molar-refractivity contribution in [1.82, 2.24) is 9.97 Å². The zero-order chi connectivity index (χ0) is 7.03. The minimum absolute atomic E-state index is 0.582. The lowest BCUT2D eigenvalue weighted by Gasteiger charge is -2.03. The molecular weight excluding hydrogens is 128 g/mol. The molecule has 0 atom stereocenters. The van der Waals surface area contributed by atoms with Crippen LogP contribution in [0.15, 0.2) is 18.7 Å². The molecule has 0 amide bonds. The summed E-state index contributed by atoms with van der Waals surface area (Å²) in [7, 11) is 0. The topological polar surface area (TPSA) is 46.0 Å². The van der Waals surface area contributed by atoms with Gasteiger partial charge in [0.15, 0.2) is 0 Å². The van der Waals surface area contributed by atoms with E-state index < -0.39 is 5.60 Å². The number of aliphatic hydroxyl groups is 1. The van der Waals surface area contributed by atoms with Gasteiger partial charge >= 0.3 is 0 Å². The van der Waals surface area contributed by atoms with Crippen molar-refractivity contribution in [3.05, 3.63) is 24.3 Å². The van der Waals surface area contributed by atoms with Crippen molar-refractivity contribution in [2.24, 2.45) is 0 Å². The van der Waals surface area contributed by atoms with Crippen LogP contribution in [-0.2, 0) is 5.60 Å². The summed E-state index contributed by atoms with van der Waals surface area (Å²) in [6.07, 6.45) is 6.50. The molecule has 3 heteroatoms. The van der Waals surface area contributed by atoms with Gasteiger partial charge in [-0.15, -0.1) is 0 Å². The van der Waals surface area contributed by atoms with Crippen LogP contribution < -0.4 is 0 Å². The molecule has 2 rings (SSSR count). The first-order valence-electron chi connectivity index (χ1n) is 3.29. The summed E-state index contributed by atoms with van der Waals surface area (Å²) in [6, 6.07) is 0. The van der Waals surface area contributed by atoms with Crippen LogP contribution >= 0.6 is 0 Å². The van der Waals surface area contributed by atoms with E-state index in [1.165, 1.54) is 6.33 Å². The molecule has 0 bridgehead atoms. The SMILES string of the molecule is OC1(c2cncnc2)CC1. The van der Waals surface area contributed by atoms with Crippen LogP contribution in [0.1, 0.15) is 18.4 Å². The van der Waals surface area contributed by atoms with Crippen LogP contribution in [-0.4, -0.2) is 15.1 Å². The summed E-state index contributed by atoms with van der Waals surface area (Å²) in [5, 5.41) is 9.52. The summed E-state index contributed by atoms with van der Waals surface area (Å²) in [5.74, 6) is 0. The lowest BCUT2D eigenvalue weighted by atomic mass is 10.2. The first-order valence-corrected chi connectivity index (χ1v) is 3.29. The van der Waals surface area contributed by atoms with Gasteiger partial charge in [-0.3, -0.25) is 0 Å². The molecule has 0 saturated heterocycles. The van der Waals surface area contributed by atoms with Crippen LogP contribution in [0.4, 0.5) is 0 Å². The van der Waals surface area contributed by atoms with Gasteiger partial charge in [-0.05, 0) is 12.8 Å². The van der Waals surface area contributed by atoms with Crippen molar-refractivity contribution in [3.8, 4) is 0 Å². The molecular formula is C7H8N2O. The fourth-order valence-electron chi connectivity index (χ4n) is 0.946. The van der Waals surface area contributed by atoms with Crippen LogP contribution in [0.5, 0.6) is 0 Å². The van der Waals surface area contributed by atoms with E-state index in [0.29, 0.717) is 0 Å². The predicted molar refractivity (Wildman–Crippen MR) is 35.2 cm³/mol. The first-order chi connectivity index (χ1) is 4.81. The van der Waals surface area contributed by atoms with Gasteiger partial charge in [0.1, 0.15) is 6.33 Å². The molecule has 1 aliphatic carbocycles. The second-order valence-corrected chi connectivity index (χ2v) is 2.66. The van der Waals surface area contributed by atoms with Gasteiger partial charge < -0.3 is 5.11 Å². The van der Waals surface area contributed by atoms with Gasteiger partial charge in [0.05, 0.1) is 5.60 Å². The van der Waals surface area contributed by atoms with E-state index in [0.717, 1.165) is 18.4 Å². The van der Waals surface area contributed by atoms with E-state index in [-0.39, 0.29) is 0 Å². The highest BCUT2D eigenvalue weighted by Crippen LogP contribution is 2.44. The zero-order valence-electron chi connectivity index (χ0n) is 5.49. The van der Waals surface area contributed by atoms with Crippen molar-refractivity contribution >= 4 is 0 Å². The Morgan fingerprint density at radius 1 is 1.30 bits per heavy atom. The molecule has 1 N–H and O–H groups in total. The van der Waals surface area contributed by atoms with Gasteiger partial charge in [-0.25, -0.2) is 9.97 Å². The van der Waals surface area contributed by atoms with Crippen molar-refractivity contribution in [2.45, 2.75) is 18.4 Å². The molecule has 1 aliphatic rings. The van der Waals surface area contributed by atoms with Crippen LogP contribution in [0.25, 0.3) is 0 Å². The Bertz CT molecular complexity index is 231. The van der Waals surface area contributed by atoms with Gasteiger partial charge in [0, 0.05) is 18.0 Å². The number of aromatic nitrogens is 2. The number of rotatable bonds is 1. The summed E-state index contributed by atoms with van der Waals surface area (Å²) < 4.78 is 0. The quantitative estimate of drug-likeness (QED) is 0.610. The minimum Gasteiger partial charge on any atom is -0.385 e. The van der Waals surface area contributed by atoms with E-state index in [1.807, 2.05) is 0 Å². The Labute approximate surface area is 58.8 Å². The van der Waals surface area contributed by atoms with Gasteiger partial charge in [-0.1, -0.05) is 0 Å². The molecule has 1 saturated carbocycles. The minimum atomic E-state index is -0.582. The van der Waals surface area contributed by atoms with Gasteiger partial charge in [-0.2, -0.15) is 0 Å². The third-order valence-corrected chi connectivity index (χ3v) is 1.82. The highest BCUT2D eigenvalue weighted by molar-refractivity contribution is 5.20. The molecule has 1 aromatic rings. The molecule has 10 heavy (non-hydrogen) atoms. The summed E-state index contributed by atoms with van der Waals surface area (Å²) in [6.45, 7) is 0. The van der Waals surface area contributed by atoms with E-state index in [4.69, 9.17) is 0 Å². The lowest BCUT2D eigenvalue weighted by Crippen LogP contribution is -2.04. The maximum atomic E-state index is 9.52. The standard InChI is InChI=1S/C7H8N2O/c10-7(1-2-7)6-3-8-5-9-4-6/h3-5,10H,1-2H2. The average molecular weight is 136 g/mol. The Morgan fingerprint density at radius 2 is 1.90 bits per heavy atom. The van der Waals surface area contributed by atoms with Crippen LogP contribution in [0.2, 0.25) is 0 Å². The second-order valence-electron chi connectivity index (χ2n) is 2.66. The lowest BCUT2D eigenvalue weighted by molar-refractivity contribution is 0.150. The maximum Gasteiger partial charge on any atom is 0.115 e. The molecule has 1 aromatic heterocycles. The molecule has 0 aliphatic heterocycles. The third kappa shape index (κ3) is 0.789. The maximum absolute atomic E-state index is 9.52. The first kappa shape index (κ1) is 5.80. The van der Waals surface area contributed by atoms with Crippen LogP contribution in [0, 0.1) is 0 Å². The number of hydrogen-bond acceptors (Lipinski definition) is 3. The Kier molecular flexibility index (Phi) is 1.02. The largest absolute Gasteiger partial charge is 0.385 e. The number of nitrogens with zero attached hydrogens (tertiary/aromatic N) is 2. The molecule has 1 fully saturated rings. The van der Waals surface area contributed by atoms with Crippen LogP contribution in [0.3, 0.4) is 0 Å². The Morgan fingerprint density at radius 3 is 2.40 bits per heavy atom. The fraction of sp³-hybridized carbons (Fsp3) is 0.429. The predicted octanol–water partition coefficient (Wildman–Crippen LogP) is 0.458. The smallest absolute Gasteiger partial charge is 0.115 e. The van der Waals surface area contributed by atoms with Crippen molar-refractivity contribution in [3.63, 3.8) is 0 Å². The van der Waals surface area contributed by atoms with E-state index in [9.17, 15) is 5.11 Å². The summed E-state index contributed by atoms with van der Waals surface area (Å²) >= 11 is 0. The van der Waals surface area contributed by atoms with Crippen molar-refractivity contribution < 1.29 is 5.11 Å². The Hall–Kier alpha value is -0.960. The van der Waals surface area contributed by atoms with E-state index in [1.54, 1.807) is 12.4 Å². The van der Waals surface area contributed by atoms with E-state index >= 15 is 0 Å². The highest BCUT2D eigenvalue weighted by atomic mass is 16.3. The number of hydrogen-bond donors (Lipinski definition) is 1. The molecule has 0 aromatic carbocycles. The zero-order valence-corrected chi connectivity index (χ0v) is 5.49. The molecule has 1 heterocycles. The second kappa shape index (κ2) is 1.76. The van der Waals surface area contributed by atoms with E-state index in [2.05, 4.69) is 9.97 Å². The van der Waals surface area contributed by atoms with Crippen molar-refractivity contribution in [1.29, 1.82) is 0 Å². The highest BCUT2D eigenvalue weighted by Gasteiger charge is 2.42. The summed E-state index contributed by atoms with van der Waals surface area (Å²) in [4.78, 5) is 7.64. The van der Waals surface area contributed by atoms with Gasteiger partial charge in [0.2, 0.25) is 0 Å². The molecule has 3 nitrogen and oxygen atoms in total. The normalized spacial score (nSPS) is 20.5. The monoisotopic (exact) mass is 136 g/mol. The molecule has 0 radical (unpaired) electrons. The third-order valence-electron chi connectivity index (χ3n) is 1.82. The van der Waals surface area contributed by atoms with Crippen molar-refractivity contribution in [2.75, 3.05) is 0 Å². The summed E-state index contributed by atoms with van der Waals surface area (Å²) in [5.41, 5.74) is 0.261. The Balaban J connectivity index is 2.35.